The van der Waals surface area contributed by atoms with Crippen LogP contribution in [0.1, 0.15) is 18.5 Å². The van der Waals surface area contributed by atoms with Crippen molar-refractivity contribution in [1.82, 2.24) is 24.9 Å². The maximum absolute atomic E-state index is 14.7. The number of hydrogen-bond donors (Lipinski definition) is 2. The van der Waals surface area contributed by atoms with Crippen LogP contribution in [0.15, 0.2) is 61.2 Å². The minimum Gasteiger partial charge on any atom is -0.362 e. The molecule has 0 bridgehead atoms. The Kier molecular flexibility index (Phi) is 4.52. The molecule has 0 aliphatic rings. The van der Waals surface area contributed by atoms with Crippen molar-refractivity contribution in [1.29, 1.82) is 0 Å². The molecule has 0 amide bonds. The number of nitrogens with one attached hydrogen (secondary N) is 2. The van der Waals surface area contributed by atoms with Gasteiger partial charge in [-0.15, -0.1) is 0 Å². The molecule has 148 valence electrons. The third-order valence-electron chi connectivity index (χ3n) is 4.99. The smallest absolute Gasteiger partial charge is 0.162 e. The summed E-state index contributed by atoms with van der Waals surface area (Å²) in [5.74, 6) is 0.237. The first-order valence-electron chi connectivity index (χ1n) is 9.36. The van der Waals surface area contributed by atoms with Crippen LogP contribution in [0, 0.1) is 5.82 Å². The van der Waals surface area contributed by atoms with Gasteiger partial charge in [-0.3, -0.25) is 0 Å². The highest BCUT2D eigenvalue weighted by Gasteiger charge is 2.20. The maximum atomic E-state index is 14.7. The number of halogens is 2. The molecule has 2 N–H and O–H groups in total. The van der Waals surface area contributed by atoms with Crippen LogP contribution >= 0.6 is 11.6 Å². The van der Waals surface area contributed by atoms with E-state index in [2.05, 4.69) is 25.3 Å². The fourth-order valence-electron chi connectivity index (χ4n) is 3.53. The van der Waals surface area contributed by atoms with Gasteiger partial charge in [0, 0.05) is 16.5 Å². The lowest BCUT2D eigenvalue weighted by molar-refractivity contribution is 0.630. The van der Waals surface area contributed by atoms with E-state index in [9.17, 15) is 4.39 Å². The van der Waals surface area contributed by atoms with Gasteiger partial charge in [0.15, 0.2) is 11.5 Å². The summed E-state index contributed by atoms with van der Waals surface area (Å²) in [6.07, 6.45) is 3.03. The molecule has 3 heterocycles. The van der Waals surface area contributed by atoms with Gasteiger partial charge in [-0.05, 0) is 31.2 Å². The van der Waals surface area contributed by atoms with Crippen LogP contribution < -0.4 is 5.32 Å². The fraction of sp³-hybridized carbons (Fsp3) is 0.0909. The molecule has 0 fully saturated rings. The molecule has 3 aromatic heterocycles. The number of pyridine rings is 1. The number of aromatic amines is 1. The Morgan fingerprint density at radius 2 is 1.90 bits per heavy atom. The molecule has 0 spiro atoms. The second-order valence-electron chi connectivity index (χ2n) is 6.91. The number of nitrogens with zero attached hydrogens (tertiary/aromatic N) is 4. The van der Waals surface area contributed by atoms with Gasteiger partial charge in [-0.1, -0.05) is 35.9 Å². The predicted octanol–water partition coefficient (Wildman–Crippen LogP) is 5.53. The van der Waals surface area contributed by atoms with E-state index in [0.29, 0.717) is 38.8 Å². The van der Waals surface area contributed by atoms with Crippen LogP contribution in [0.25, 0.3) is 33.3 Å². The quantitative estimate of drug-likeness (QED) is 0.401. The number of aromatic nitrogens is 5. The molecule has 1 atom stereocenters. The van der Waals surface area contributed by atoms with Crippen LogP contribution in [0.5, 0.6) is 0 Å². The average molecular weight is 419 g/mol. The highest BCUT2D eigenvalue weighted by Crippen LogP contribution is 2.35. The summed E-state index contributed by atoms with van der Waals surface area (Å²) >= 11 is 6.37. The Labute approximate surface area is 176 Å². The summed E-state index contributed by atoms with van der Waals surface area (Å²) in [5.41, 5.74) is 3.66. The molecule has 0 radical (unpaired) electrons. The van der Waals surface area contributed by atoms with Gasteiger partial charge in [-0.25, -0.2) is 24.3 Å². The van der Waals surface area contributed by atoms with Crippen LogP contribution in [0.4, 0.5) is 10.2 Å². The Balaban J connectivity index is 1.68. The van der Waals surface area contributed by atoms with Crippen molar-refractivity contribution in [3.63, 3.8) is 0 Å². The molecular weight excluding hydrogens is 403 g/mol. The Morgan fingerprint density at radius 3 is 2.77 bits per heavy atom. The monoisotopic (exact) mass is 418 g/mol. The number of para-hydroxylation sites is 1. The minimum absolute atomic E-state index is 0.245. The molecule has 0 aliphatic heterocycles. The standard InChI is InChI=1S/C22H16ClFN6/c1-12(29-22-20-21(26-10-25-20)27-11-28-22)15-9-13-5-4-7-16(23)18(13)30-19(15)14-6-2-3-8-17(14)24/h2-12H,1H3,(H2,25,26,27,28,29). The number of imidazole rings is 1. The van der Waals surface area contributed by atoms with Gasteiger partial charge in [-0.2, -0.15) is 0 Å². The van der Waals surface area contributed by atoms with E-state index in [1.54, 1.807) is 30.6 Å². The number of rotatable bonds is 4. The third kappa shape index (κ3) is 3.13. The van der Waals surface area contributed by atoms with Gasteiger partial charge in [0.1, 0.15) is 17.7 Å². The number of anilines is 1. The first kappa shape index (κ1) is 18.4. The van der Waals surface area contributed by atoms with E-state index in [1.165, 1.54) is 12.4 Å². The van der Waals surface area contributed by atoms with E-state index in [-0.39, 0.29) is 11.9 Å². The third-order valence-corrected chi connectivity index (χ3v) is 5.30. The normalized spacial score (nSPS) is 12.4. The first-order chi connectivity index (χ1) is 14.6. The SMILES string of the molecule is CC(Nc1ncnc2[nH]cnc12)c1cc2cccc(Cl)c2nc1-c1ccccc1F. The van der Waals surface area contributed by atoms with Gasteiger partial charge < -0.3 is 10.3 Å². The molecule has 1 unspecified atom stereocenters. The highest BCUT2D eigenvalue weighted by atomic mass is 35.5. The van der Waals surface area contributed by atoms with E-state index in [4.69, 9.17) is 16.6 Å². The Morgan fingerprint density at radius 1 is 1.03 bits per heavy atom. The lowest BCUT2D eigenvalue weighted by Gasteiger charge is -2.19. The van der Waals surface area contributed by atoms with Crippen molar-refractivity contribution >= 4 is 39.5 Å². The van der Waals surface area contributed by atoms with E-state index in [1.807, 2.05) is 25.1 Å². The zero-order valence-corrected chi connectivity index (χ0v) is 16.7. The summed E-state index contributed by atoms with van der Waals surface area (Å²) in [7, 11) is 0. The van der Waals surface area contributed by atoms with Crippen molar-refractivity contribution < 1.29 is 4.39 Å². The zero-order valence-electron chi connectivity index (χ0n) is 15.9. The summed E-state index contributed by atoms with van der Waals surface area (Å²) in [5, 5.41) is 4.76. The lowest BCUT2D eigenvalue weighted by Crippen LogP contribution is -2.11. The van der Waals surface area contributed by atoms with E-state index >= 15 is 0 Å². The van der Waals surface area contributed by atoms with Crippen molar-refractivity contribution in [2.24, 2.45) is 0 Å². The van der Waals surface area contributed by atoms with Gasteiger partial charge >= 0.3 is 0 Å². The first-order valence-corrected chi connectivity index (χ1v) is 9.74. The molecule has 0 saturated heterocycles. The molecule has 5 aromatic rings. The Hall–Kier alpha value is -3.58. The second-order valence-corrected chi connectivity index (χ2v) is 7.31. The van der Waals surface area contributed by atoms with Crippen LogP contribution in [-0.4, -0.2) is 24.9 Å². The summed E-state index contributed by atoms with van der Waals surface area (Å²) < 4.78 is 14.7. The molecule has 0 aliphatic carbocycles. The number of hydrogen-bond acceptors (Lipinski definition) is 5. The Bertz CT molecular complexity index is 1380. The topological polar surface area (TPSA) is 79.4 Å². The predicted molar refractivity (Wildman–Crippen MR) is 116 cm³/mol. The van der Waals surface area contributed by atoms with Crippen molar-refractivity contribution in [2.75, 3.05) is 5.32 Å². The molecular formula is C22H16ClFN6. The molecule has 2 aromatic carbocycles. The molecule has 8 heteroatoms. The van der Waals surface area contributed by atoms with Crippen LogP contribution in [0.3, 0.4) is 0 Å². The van der Waals surface area contributed by atoms with Crippen LogP contribution in [-0.2, 0) is 0 Å². The highest BCUT2D eigenvalue weighted by molar-refractivity contribution is 6.35. The summed E-state index contributed by atoms with van der Waals surface area (Å²) in [6.45, 7) is 1.97. The van der Waals surface area contributed by atoms with Gasteiger partial charge in [0.2, 0.25) is 0 Å². The van der Waals surface area contributed by atoms with E-state index < -0.39 is 0 Å². The van der Waals surface area contributed by atoms with E-state index in [0.717, 1.165) is 10.9 Å². The largest absolute Gasteiger partial charge is 0.362 e. The number of H-pyrrole nitrogens is 1. The summed E-state index contributed by atoms with van der Waals surface area (Å²) in [4.78, 5) is 20.5. The van der Waals surface area contributed by atoms with Crippen molar-refractivity contribution in [2.45, 2.75) is 13.0 Å². The molecule has 30 heavy (non-hydrogen) atoms. The van der Waals surface area contributed by atoms with Gasteiger partial charge in [0.25, 0.3) is 0 Å². The van der Waals surface area contributed by atoms with Crippen molar-refractivity contribution in [3.8, 4) is 11.3 Å². The molecule has 5 rings (SSSR count). The maximum Gasteiger partial charge on any atom is 0.162 e. The second kappa shape index (κ2) is 7.35. The lowest BCUT2D eigenvalue weighted by atomic mass is 9.98. The minimum atomic E-state index is -0.346. The average Bonchev–Trinajstić information content (AvgIpc) is 3.24. The van der Waals surface area contributed by atoms with Crippen LogP contribution in [0.2, 0.25) is 5.02 Å². The van der Waals surface area contributed by atoms with Crippen molar-refractivity contribution in [3.05, 3.63) is 77.6 Å². The number of fused-ring (bicyclic) bond motifs is 2. The molecule has 6 nitrogen and oxygen atoms in total. The molecule has 0 saturated carbocycles. The number of benzene rings is 2. The van der Waals surface area contributed by atoms with Gasteiger partial charge in [0.05, 0.1) is 28.6 Å². The fourth-order valence-corrected chi connectivity index (χ4v) is 3.75. The summed E-state index contributed by atoms with van der Waals surface area (Å²) in [6, 6.07) is 13.9. The zero-order chi connectivity index (χ0) is 20.7.